The smallest absolute Gasteiger partial charge is 0.269 e. The van der Waals surface area contributed by atoms with E-state index in [1.54, 1.807) is 26.4 Å². The number of hydrogen-bond acceptors (Lipinski definition) is 7. The lowest BCUT2D eigenvalue weighted by atomic mass is 9.75. The number of anilines is 1. The Bertz CT molecular complexity index is 1480. The first-order valence-electron chi connectivity index (χ1n) is 13.3. The number of fused-ring (bicyclic) bond motifs is 4. The fourth-order valence-corrected chi connectivity index (χ4v) is 6.29. The minimum absolute atomic E-state index is 0.0130. The van der Waals surface area contributed by atoms with E-state index in [0.717, 1.165) is 22.4 Å². The molecule has 0 aliphatic carbocycles. The van der Waals surface area contributed by atoms with Gasteiger partial charge in [-0.15, -0.1) is 0 Å². The third-order valence-corrected chi connectivity index (χ3v) is 8.31. The highest BCUT2D eigenvalue weighted by molar-refractivity contribution is 6.01. The average Bonchev–Trinajstić information content (AvgIpc) is 3.00. The normalized spacial score (nSPS) is 19.9. The van der Waals surface area contributed by atoms with Gasteiger partial charge in [-0.1, -0.05) is 18.2 Å². The Morgan fingerprint density at radius 2 is 1.57 bits per heavy atom. The lowest BCUT2D eigenvalue weighted by Crippen LogP contribution is -2.54. The summed E-state index contributed by atoms with van der Waals surface area (Å²) in [6.07, 6.45) is 0.662. The van der Waals surface area contributed by atoms with E-state index in [1.807, 2.05) is 46.2 Å². The van der Waals surface area contributed by atoms with Crippen LogP contribution in [0.25, 0.3) is 0 Å². The summed E-state index contributed by atoms with van der Waals surface area (Å²) in [6.45, 7) is 2.74. The molecule has 3 aromatic carbocycles. The summed E-state index contributed by atoms with van der Waals surface area (Å²) in [5, 5.41) is 11.0. The Balaban J connectivity index is 1.32. The highest BCUT2D eigenvalue weighted by atomic mass is 16.6. The molecule has 0 unspecified atom stereocenters. The number of benzene rings is 3. The lowest BCUT2D eigenvalue weighted by molar-refractivity contribution is -0.384. The fourth-order valence-electron chi connectivity index (χ4n) is 6.29. The number of nitro benzene ring substituents is 1. The number of nitro groups is 1. The van der Waals surface area contributed by atoms with Crippen molar-refractivity contribution in [2.45, 2.75) is 18.4 Å². The third-order valence-electron chi connectivity index (χ3n) is 8.31. The van der Waals surface area contributed by atoms with Crippen molar-refractivity contribution in [3.63, 3.8) is 0 Å². The molecule has 0 radical (unpaired) electrons. The Hall–Kier alpha value is -4.60. The number of carbonyl (C=O) groups is 2. The van der Waals surface area contributed by atoms with Gasteiger partial charge in [0, 0.05) is 56.1 Å². The number of methoxy groups -OCH3 is 2. The van der Waals surface area contributed by atoms with E-state index in [4.69, 9.17) is 9.47 Å². The maximum atomic E-state index is 14.4. The van der Waals surface area contributed by atoms with E-state index >= 15 is 0 Å². The molecule has 3 aliphatic heterocycles. The summed E-state index contributed by atoms with van der Waals surface area (Å²) < 4.78 is 11.1. The predicted molar refractivity (Wildman–Crippen MR) is 148 cm³/mol. The van der Waals surface area contributed by atoms with Crippen molar-refractivity contribution in [2.75, 3.05) is 51.8 Å². The van der Waals surface area contributed by atoms with Crippen molar-refractivity contribution in [1.82, 2.24) is 9.80 Å². The number of nitrogens with zero attached hydrogens (tertiary/aromatic N) is 4. The van der Waals surface area contributed by atoms with E-state index in [0.29, 0.717) is 56.2 Å². The quantitative estimate of drug-likeness (QED) is 0.357. The molecule has 3 aromatic rings. The van der Waals surface area contributed by atoms with Crippen LogP contribution in [0.4, 0.5) is 11.4 Å². The molecule has 0 saturated carbocycles. The van der Waals surface area contributed by atoms with Gasteiger partial charge in [0.2, 0.25) is 5.91 Å². The van der Waals surface area contributed by atoms with Crippen molar-refractivity contribution in [3.8, 4) is 11.5 Å². The number of amides is 2. The zero-order valence-corrected chi connectivity index (χ0v) is 22.4. The minimum Gasteiger partial charge on any atom is -0.493 e. The van der Waals surface area contributed by atoms with Gasteiger partial charge in [0.1, 0.15) is 0 Å². The molecular weight excluding hydrogens is 512 g/mol. The predicted octanol–water partition coefficient (Wildman–Crippen LogP) is 3.80. The summed E-state index contributed by atoms with van der Waals surface area (Å²) in [6, 6.07) is 17.3. The molecule has 40 heavy (non-hydrogen) atoms. The largest absolute Gasteiger partial charge is 0.493 e. The molecule has 10 nitrogen and oxygen atoms in total. The average molecular weight is 543 g/mol. The SMILES string of the molecule is COc1cc2c(cc1OC)[C@@H]1[C@@H](C(=O)N3CCN(c4ccc([N+](=O)[O-])cc4)CC3)c3ccccc3C(=O)N1CC2. The first-order valence-corrected chi connectivity index (χ1v) is 13.3. The zero-order chi connectivity index (χ0) is 28.0. The van der Waals surface area contributed by atoms with Crippen LogP contribution in [0.2, 0.25) is 0 Å². The zero-order valence-electron chi connectivity index (χ0n) is 22.4. The third kappa shape index (κ3) is 4.20. The van der Waals surface area contributed by atoms with Crippen molar-refractivity contribution >= 4 is 23.2 Å². The van der Waals surface area contributed by atoms with Crippen LogP contribution in [0, 0.1) is 10.1 Å². The first-order chi connectivity index (χ1) is 19.4. The number of hydrogen-bond donors (Lipinski definition) is 0. The maximum Gasteiger partial charge on any atom is 0.269 e. The van der Waals surface area contributed by atoms with Gasteiger partial charge in [-0.2, -0.15) is 0 Å². The molecule has 0 aromatic heterocycles. The van der Waals surface area contributed by atoms with Gasteiger partial charge >= 0.3 is 0 Å². The van der Waals surface area contributed by atoms with Crippen LogP contribution in [0.5, 0.6) is 11.5 Å². The van der Waals surface area contributed by atoms with Crippen molar-refractivity contribution < 1.29 is 24.0 Å². The standard InChI is InChI=1S/C30H30N4O6/c1-39-25-17-19-11-12-33-28(24(19)18-26(25)40-2)27(22-5-3-4-6-23(22)29(33)35)30(36)32-15-13-31(14-16-32)20-7-9-21(10-8-20)34(37)38/h3-10,17-18,27-28H,11-16H2,1-2H3/t27-,28+/m0/s1. The molecule has 3 heterocycles. The first kappa shape index (κ1) is 25.7. The number of non-ortho nitro benzene ring substituents is 1. The second-order valence-electron chi connectivity index (χ2n) is 10.3. The van der Waals surface area contributed by atoms with Crippen LogP contribution in [0.1, 0.15) is 39.0 Å². The number of carbonyl (C=O) groups excluding carboxylic acids is 2. The highest BCUT2D eigenvalue weighted by Crippen LogP contribution is 2.49. The maximum absolute atomic E-state index is 14.4. The molecule has 1 saturated heterocycles. The van der Waals surface area contributed by atoms with E-state index in [1.165, 1.54) is 12.1 Å². The van der Waals surface area contributed by atoms with Crippen molar-refractivity contribution in [1.29, 1.82) is 0 Å². The molecule has 0 bridgehead atoms. The number of rotatable bonds is 5. The van der Waals surface area contributed by atoms with Gasteiger partial charge < -0.3 is 24.2 Å². The van der Waals surface area contributed by atoms with E-state index < -0.39 is 16.9 Å². The van der Waals surface area contributed by atoms with Crippen LogP contribution in [0.3, 0.4) is 0 Å². The van der Waals surface area contributed by atoms with Crippen LogP contribution >= 0.6 is 0 Å². The van der Waals surface area contributed by atoms with Gasteiger partial charge in [-0.05, 0) is 53.4 Å². The van der Waals surface area contributed by atoms with Crippen LogP contribution < -0.4 is 14.4 Å². The molecule has 3 aliphatic rings. The van der Waals surface area contributed by atoms with E-state index in [9.17, 15) is 19.7 Å². The minimum atomic E-state index is -0.558. The van der Waals surface area contributed by atoms with E-state index in [2.05, 4.69) is 4.90 Å². The fraction of sp³-hybridized carbons (Fsp3) is 0.333. The molecular formula is C30H30N4O6. The van der Waals surface area contributed by atoms with Crippen LogP contribution in [-0.4, -0.2) is 73.5 Å². The molecule has 6 rings (SSSR count). The molecule has 2 atom stereocenters. The van der Waals surface area contributed by atoms with Gasteiger partial charge in [-0.3, -0.25) is 19.7 Å². The van der Waals surface area contributed by atoms with Crippen molar-refractivity contribution in [3.05, 3.63) is 93.0 Å². The number of ether oxygens (including phenoxy) is 2. The second kappa shape index (κ2) is 10.2. The summed E-state index contributed by atoms with van der Waals surface area (Å²) >= 11 is 0. The second-order valence-corrected chi connectivity index (χ2v) is 10.3. The molecule has 0 N–H and O–H groups in total. The summed E-state index contributed by atoms with van der Waals surface area (Å²) in [5.74, 6) is 0.561. The summed E-state index contributed by atoms with van der Waals surface area (Å²) in [4.78, 5) is 44.5. The topological polar surface area (TPSA) is 105 Å². The van der Waals surface area contributed by atoms with Crippen molar-refractivity contribution in [2.24, 2.45) is 0 Å². The van der Waals surface area contributed by atoms with E-state index in [-0.39, 0.29) is 17.5 Å². The Kier molecular flexibility index (Phi) is 6.53. The lowest BCUT2D eigenvalue weighted by Gasteiger charge is -2.47. The Morgan fingerprint density at radius 3 is 2.25 bits per heavy atom. The van der Waals surface area contributed by atoms with Gasteiger partial charge in [0.05, 0.1) is 31.1 Å². The summed E-state index contributed by atoms with van der Waals surface area (Å²) in [7, 11) is 3.18. The molecule has 1 fully saturated rings. The van der Waals surface area contributed by atoms with Crippen LogP contribution in [0.15, 0.2) is 60.7 Å². The van der Waals surface area contributed by atoms with Gasteiger partial charge in [0.25, 0.3) is 11.6 Å². The van der Waals surface area contributed by atoms with Crippen LogP contribution in [-0.2, 0) is 11.2 Å². The molecule has 10 heteroatoms. The Morgan fingerprint density at radius 1 is 0.900 bits per heavy atom. The Labute approximate surface area is 231 Å². The molecule has 0 spiro atoms. The molecule has 2 amide bonds. The highest BCUT2D eigenvalue weighted by Gasteiger charge is 2.48. The van der Waals surface area contributed by atoms with Gasteiger partial charge in [-0.25, -0.2) is 0 Å². The number of piperazine rings is 1. The summed E-state index contributed by atoms with van der Waals surface area (Å²) in [5.41, 5.74) is 4.22. The van der Waals surface area contributed by atoms with Gasteiger partial charge in [0.15, 0.2) is 11.5 Å². The monoisotopic (exact) mass is 542 g/mol. The molecule has 206 valence electrons.